The summed E-state index contributed by atoms with van der Waals surface area (Å²) in [4.78, 5) is 40.1. The van der Waals surface area contributed by atoms with Crippen LogP contribution < -0.4 is 0 Å². The first-order valence-electron chi connectivity index (χ1n) is 9.99. The highest BCUT2D eigenvalue weighted by atomic mass is 32.2. The van der Waals surface area contributed by atoms with E-state index in [1.165, 1.54) is 11.8 Å². The van der Waals surface area contributed by atoms with E-state index in [9.17, 15) is 14.4 Å². The van der Waals surface area contributed by atoms with Gasteiger partial charge in [-0.25, -0.2) is 0 Å². The number of allylic oxidation sites excluding steroid dienone is 1. The average Bonchev–Trinajstić information content (AvgIpc) is 3.10. The number of rotatable bonds is 1. The molecule has 1 saturated heterocycles. The van der Waals surface area contributed by atoms with E-state index < -0.39 is 17.2 Å². The van der Waals surface area contributed by atoms with Crippen molar-refractivity contribution in [3.63, 3.8) is 0 Å². The molecule has 0 radical (unpaired) electrons. The van der Waals surface area contributed by atoms with Crippen molar-refractivity contribution in [2.75, 3.05) is 18.8 Å². The van der Waals surface area contributed by atoms with Crippen LogP contribution in [0.1, 0.15) is 50.6 Å². The van der Waals surface area contributed by atoms with E-state index in [2.05, 4.69) is 0 Å². The Morgan fingerprint density at radius 3 is 2.43 bits per heavy atom. The summed E-state index contributed by atoms with van der Waals surface area (Å²) in [5.74, 6) is 1.51. The molecule has 0 bridgehead atoms. The van der Waals surface area contributed by atoms with E-state index in [1.807, 2.05) is 24.0 Å². The molecule has 0 unspecified atom stereocenters. The van der Waals surface area contributed by atoms with Gasteiger partial charge in [-0.2, -0.15) is 0 Å². The number of carbonyl (C=O) groups excluding carboxylic acids is 3. The van der Waals surface area contributed by atoms with Crippen LogP contribution in [0.2, 0.25) is 0 Å². The van der Waals surface area contributed by atoms with E-state index in [0.717, 1.165) is 5.76 Å². The van der Waals surface area contributed by atoms with Crippen molar-refractivity contribution in [3.05, 3.63) is 63.4 Å². The van der Waals surface area contributed by atoms with Crippen LogP contribution in [-0.4, -0.2) is 46.8 Å². The number of benzene rings is 1. The fraction of sp³-hybridized carbons (Fsp3) is 0.348. The van der Waals surface area contributed by atoms with Gasteiger partial charge in [-0.3, -0.25) is 14.4 Å². The Labute approximate surface area is 178 Å². The van der Waals surface area contributed by atoms with Crippen molar-refractivity contribution in [2.45, 2.75) is 32.3 Å². The Bertz CT molecular complexity index is 1120. The molecule has 5 rings (SSSR count). The van der Waals surface area contributed by atoms with Crippen LogP contribution in [0, 0.1) is 13.8 Å². The molecule has 0 saturated carbocycles. The van der Waals surface area contributed by atoms with Gasteiger partial charge in [0.1, 0.15) is 27.8 Å². The summed E-state index contributed by atoms with van der Waals surface area (Å²) in [5, 5.41) is 0. The standard InChI is InChI=1S/C23H21NO5S/c1-13-11-17(14(2)28-13)22(27)24-9-7-23(8-10-24)12-30-21-19(26)18(25)15-5-3-4-6-16(15)20(21)29-23/h3-6,11H,7-10,12H2,1-2H3. The van der Waals surface area contributed by atoms with Crippen LogP contribution in [0.15, 0.2) is 39.7 Å². The molecular weight excluding hydrogens is 402 g/mol. The van der Waals surface area contributed by atoms with Crippen LogP contribution in [0.5, 0.6) is 0 Å². The normalized spacial score (nSPS) is 20.1. The molecule has 2 aromatic rings. The predicted molar refractivity (Wildman–Crippen MR) is 112 cm³/mol. The number of piperidine rings is 1. The summed E-state index contributed by atoms with van der Waals surface area (Å²) < 4.78 is 12.0. The Hall–Kier alpha value is -2.80. The number of amides is 1. The molecule has 1 aromatic carbocycles. The molecule has 1 aromatic heterocycles. The number of likely N-dealkylation sites (tertiary alicyclic amines) is 1. The zero-order chi connectivity index (χ0) is 21.0. The van der Waals surface area contributed by atoms with Crippen LogP contribution >= 0.6 is 11.8 Å². The van der Waals surface area contributed by atoms with Crippen molar-refractivity contribution in [1.82, 2.24) is 4.90 Å². The van der Waals surface area contributed by atoms with Crippen molar-refractivity contribution in [2.24, 2.45) is 0 Å². The molecule has 154 valence electrons. The SMILES string of the molecule is Cc1cc(C(=O)N2CCC3(CC2)CSC2=C(O3)c3ccccc3C(=O)C2=O)c(C)o1. The van der Waals surface area contributed by atoms with Crippen LogP contribution in [0.25, 0.3) is 5.76 Å². The Balaban J connectivity index is 1.37. The number of Topliss-reactive ketones (excluding diaryl/α,β-unsaturated/α-hetero) is 2. The molecule has 30 heavy (non-hydrogen) atoms. The molecule has 1 aliphatic carbocycles. The molecule has 3 heterocycles. The molecular formula is C23H21NO5S. The number of fused-ring (bicyclic) bond motifs is 2. The van der Waals surface area contributed by atoms with Crippen molar-refractivity contribution in [3.8, 4) is 0 Å². The Kier molecular flexibility index (Phi) is 4.39. The Morgan fingerprint density at radius 1 is 1.07 bits per heavy atom. The number of furan rings is 1. The molecule has 3 aliphatic rings. The highest BCUT2D eigenvalue weighted by Crippen LogP contribution is 2.47. The summed E-state index contributed by atoms with van der Waals surface area (Å²) in [7, 11) is 0. The van der Waals surface area contributed by atoms with Crippen molar-refractivity contribution in [1.29, 1.82) is 0 Å². The van der Waals surface area contributed by atoms with Gasteiger partial charge in [0.15, 0.2) is 0 Å². The lowest BCUT2D eigenvalue weighted by molar-refractivity contribution is -0.111. The lowest BCUT2D eigenvalue weighted by atomic mass is 9.89. The van der Waals surface area contributed by atoms with E-state index >= 15 is 0 Å². The van der Waals surface area contributed by atoms with Gasteiger partial charge in [0.25, 0.3) is 5.91 Å². The molecule has 0 atom stereocenters. The molecule has 6 nitrogen and oxygen atoms in total. The highest BCUT2D eigenvalue weighted by Gasteiger charge is 2.46. The zero-order valence-electron chi connectivity index (χ0n) is 16.8. The lowest BCUT2D eigenvalue weighted by Crippen LogP contribution is -2.51. The maximum atomic E-state index is 12.9. The number of nitrogens with zero attached hydrogens (tertiary/aromatic N) is 1. The van der Waals surface area contributed by atoms with Gasteiger partial charge in [0.2, 0.25) is 11.6 Å². The van der Waals surface area contributed by atoms with E-state index in [0.29, 0.717) is 64.8 Å². The van der Waals surface area contributed by atoms with E-state index in [-0.39, 0.29) is 5.91 Å². The quantitative estimate of drug-likeness (QED) is 0.650. The number of thioether (sulfide) groups is 1. The maximum absolute atomic E-state index is 12.9. The zero-order valence-corrected chi connectivity index (χ0v) is 17.6. The first-order valence-corrected chi connectivity index (χ1v) is 11.0. The number of aryl methyl sites for hydroxylation is 2. The van der Waals surface area contributed by atoms with E-state index in [4.69, 9.17) is 9.15 Å². The number of hydrogen-bond donors (Lipinski definition) is 0. The number of carbonyl (C=O) groups is 3. The second kappa shape index (κ2) is 6.87. The fourth-order valence-corrected chi connectivity index (χ4v) is 5.65. The molecule has 0 N–H and O–H groups in total. The number of hydrogen-bond acceptors (Lipinski definition) is 6. The van der Waals surface area contributed by atoms with Gasteiger partial charge in [-0.05, 0) is 19.9 Å². The summed E-state index contributed by atoms with van der Waals surface area (Å²) in [6.07, 6.45) is 1.34. The Morgan fingerprint density at radius 2 is 1.77 bits per heavy atom. The third kappa shape index (κ3) is 2.91. The molecule has 1 amide bonds. The van der Waals surface area contributed by atoms with Crippen molar-refractivity contribution >= 4 is 35.0 Å². The van der Waals surface area contributed by atoms with Gasteiger partial charge in [0.05, 0.1) is 5.56 Å². The highest BCUT2D eigenvalue weighted by molar-refractivity contribution is 8.04. The monoisotopic (exact) mass is 423 g/mol. The van der Waals surface area contributed by atoms with Crippen LogP contribution in [0.3, 0.4) is 0 Å². The molecule has 2 aliphatic heterocycles. The third-order valence-corrected chi connectivity index (χ3v) is 7.40. The number of ketones is 2. The van der Waals surface area contributed by atoms with Gasteiger partial charge in [-0.1, -0.05) is 24.3 Å². The number of ether oxygens (including phenoxy) is 1. The second-order valence-corrected chi connectivity index (χ2v) is 9.04. The summed E-state index contributed by atoms with van der Waals surface area (Å²) in [6.45, 7) is 4.78. The summed E-state index contributed by atoms with van der Waals surface area (Å²) >= 11 is 1.41. The largest absolute Gasteiger partial charge is 0.484 e. The van der Waals surface area contributed by atoms with E-state index in [1.54, 1.807) is 25.1 Å². The minimum Gasteiger partial charge on any atom is -0.484 e. The minimum atomic E-state index is -0.484. The first kappa shape index (κ1) is 19.2. The first-order chi connectivity index (χ1) is 14.4. The van der Waals surface area contributed by atoms with Crippen LogP contribution in [-0.2, 0) is 9.53 Å². The second-order valence-electron chi connectivity index (χ2n) is 8.05. The summed E-state index contributed by atoms with van der Waals surface area (Å²) in [5.41, 5.74) is 1.25. The summed E-state index contributed by atoms with van der Waals surface area (Å²) in [6, 6.07) is 8.89. The van der Waals surface area contributed by atoms with Gasteiger partial charge < -0.3 is 14.1 Å². The minimum absolute atomic E-state index is 0.0219. The molecule has 7 heteroatoms. The lowest BCUT2D eigenvalue weighted by Gasteiger charge is -2.45. The van der Waals surface area contributed by atoms with Gasteiger partial charge in [0, 0.05) is 42.8 Å². The van der Waals surface area contributed by atoms with Crippen LogP contribution in [0.4, 0.5) is 0 Å². The maximum Gasteiger partial charge on any atom is 0.257 e. The predicted octanol–water partition coefficient (Wildman–Crippen LogP) is 3.77. The smallest absolute Gasteiger partial charge is 0.257 e. The van der Waals surface area contributed by atoms with Gasteiger partial charge in [-0.15, -0.1) is 11.8 Å². The van der Waals surface area contributed by atoms with Gasteiger partial charge >= 0.3 is 0 Å². The third-order valence-electron chi connectivity index (χ3n) is 6.07. The fourth-order valence-electron chi connectivity index (χ4n) is 4.39. The molecule has 1 fully saturated rings. The van der Waals surface area contributed by atoms with Crippen molar-refractivity contribution < 1.29 is 23.5 Å². The molecule has 1 spiro atoms. The topological polar surface area (TPSA) is 76.8 Å². The average molecular weight is 423 g/mol.